The third-order valence-electron chi connectivity index (χ3n) is 4.69. The number of carbonyl (C=O) groups is 1. The zero-order valence-electron chi connectivity index (χ0n) is 14.2. The molecule has 1 aromatic heterocycles. The van der Waals surface area contributed by atoms with E-state index in [1.165, 1.54) is 12.1 Å². The van der Waals surface area contributed by atoms with Gasteiger partial charge in [-0.15, -0.1) is 0 Å². The Hall–Kier alpha value is -2.83. The molecule has 26 heavy (non-hydrogen) atoms. The van der Waals surface area contributed by atoms with Gasteiger partial charge >= 0.3 is 6.18 Å². The van der Waals surface area contributed by atoms with Gasteiger partial charge in [0, 0.05) is 16.7 Å². The number of aromatic amines is 1. The van der Waals surface area contributed by atoms with Gasteiger partial charge in [0.1, 0.15) is 5.82 Å². The highest BCUT2D eigenvalue weighted by atomic mass is 19.4. The lowest BCUT2D eigenvalue weighted by atomic mass is 9.81. The van der Waals surface area contributed by atoms with Crippen molar-refractivity contribution < 1.29 is 18.0 Å². The van der Waals surface area contributed by atoms with E-state index < -0.39 is 17.2 Å². The van der Waals surface area contributed by atoms with Crippen LogP contribution >= 0.6 is 0 Å². The molecule has 2 N–H and O–H groups in total. The highest BCUT2D eigenvalue weighted by Crippen LogP contribution is 2.36. The fraction of sp³-hybridized carbons (Fsp3) is 0.263. The van der Waals surface area contributed by atoms with Crippen LogP contribution in [0.3, 0.4) is 0 Å². The third kappa shape index (κ3) is 2.73. The van der Waals surface area contributed by atoms with Crippen molar-refractivity contribution in [2.24, 2.45) is 5.41 Å². The molecular formula is C19H16F3N3O. The summed E-state index contributed by atoms with van der Waals surface area (Å²) >= 11 is 0. The van der Waals surface area contributed by atoms with E-state index in [4.69, 9.17) is 0 Å². The first-order valence-electron chi connectivity index (χ1n) is 8.15. The second-order valence-corrected chi connectivity index (χ2v) is 7.20. The lowest BCUT2D eigenvalue weighted by Gasteiger charge is -2.30. The number of hydrogen-bond acceptors (Lipinski definition) is 2. The molecule has 1 aliphatic rings. The number of rotatable bonds is 1. The van der Waals surface area contributed by atoms with Crippen molar-refractivity contribution in [3.8, 4) is 11.4 Å². The lowest BCUT2D eigenvalue weighted by Crippen LogP contribution is -2.36. The van der Waals surface area contributed by atoms with Crippen LogP contribution in [0.1, 0.15) is 25.0 Å². The predicted octanol–water partition coefficient (Wildman–Crippen LogP) is 4.77. The van der Waals surface area contributed by atoms with E-state index in [0.29, 0.717) is 23.3 Å². The molecule has 134 valence electrons. The lowest BCUT2D eigenvalue weighted by molar-refractivity contribution is -0.137. The number of nitrogens with zero attached hydrogens (tertiary/aromatic N) is 1. The van der Waals surface area contributed by atoms with Crippen LogP contribution in [0.4, 0.5) is 18.9 Å². The number of benzene rings is 2. The molecule has 0 spiro atoms. The summed E-state index contributed by atoms with van der Waals surface area (Å²) in [6, 6.07) is 8.59. The van der Waals surface area contributed by atoms with Gasteiger partial charge in [-0.05, 0) is 36.2 Å². The molecule has 0 saturated carbocycles. The van der Waals surface area contributed by atoms with Crippen molar-refractivity contribution in [1.82, 2.24) is 9.97 Å². The van der Waals surface area contributed by atoms with Crippen LogP contribution in [0.25, 0.3) is 22.4 Å². The Balaban J connectivity index is 1.74. The van der Waals surface area contributed by atoms with Crippen LogP contribution in [0.2, 0.25) is 0 Å². The quantitative estimate of drug-likeness (QED) is 0.658. The van der Waals surface area contributed by atoms with Crippen molar-refractivity contribution in [3.63, 3.8) is 0 Å². The normalized spacial score (nSPS) is 16.4. The fourth-order valence-corrected chi connectivity index (χ4v) is 3.17. The molecule has 0 atom stereocenters. The number of imidazole rings is 1. The summed E-state index contributed by atoms with van der Waals surface area (Å²) in [7, 11) is 0. The molecule has 0 aliphatic carbocycles. The zero-order valence-corrected chi connectivity index (χ0v) is 14.2. The number of carbonyl (C=O) groups excluding carboxylic acids is 1. The van der Waals surface area contributed by atoms with E-state index in [9.17, 15) is 18.0 Å². The smallest absolute Gasteiger partial charge is 0.338 e. The van der Waals surface area contributed by atoms with Gasteiger partial charge in [0.15, 0.2) is 0 Å². The van der Waals surface area contributed by atoms with Crippen LogP contribution in [0.15, 0.2) is 36.4 Å². The number of amides is 1. The van der Waals surface area contributed by atoms with Gasteiger partial charge in [0.25, 0.3) is 0 Å². The van der Waals surface area contributed by atoms with Gasteiger partial charge in [0.05, 0.1) is 16.6 Å². The third-order valence-corrected chi connectivity index (χ3v) is 4.69. The van der Waals surface area contributed by atoms with E-state index in [1.807, 2.05) is 19.9 Å². The van der Waals surface area contributed by atoms with Crippen molar-refractivity contribution in [1.29, 1.82) is 0 Å². The Morgan fingerprint density at radius 3 is 2.46 bits per heavy atom. The largest absolute Gasteiger partial charge is 0.416 e. The van der Waals surface area contributed by atoms with Crippen molar-refractivity contribution in [2.45, 2.75) is 26.4 Å². The number of fused-ring (bicyclic) bond motifs is 2. The number of H-pyrrole nitrogens is 1. The van der Waals surface area contributed by atoms with Gasteiger partial charge in [-0.25, -0.2) is 4.98 Å². The van der Waals surface area contributed by atoms with E-state index >= 15 is 0 Å². The van der Waals surface area contributed by atoms with Gasteiger partial charge in [-0.2, -0.15) is 13.2 Å². The van der Waals surface area contributed by atoms with E-state index in [1.54, 1.807) is 6.07 Å². The number of hydrogen-bond donors (Lipinski definition) is 2. The highest BCUT2D eigenvalue weighted by Gasteiger charge is 2.34. The Kier molecular flexibility index (Phi) is 3.41. The number of aromatic nitrogens is 2. The minimum atomic E-state index is -4.36. The van der Waals surface area contributed by atoms with E-state index in [2.05, 4.69) is 15.3 Å². The number of alkyl halides is 3. The van der Waals surface area contributed by atoms with Gasteiger partial charge < -0.3 is 10.3 Å². The van der Waals surface area contributed by atoms with Crippen molar-refractivity contribution in [3.05, 3.63) is 47.5 Å². The topological polar surface area (TPSA) is 57.8 Å². The average molecular weight is 359 g/mol. The number of halogens is 3. The summed E-state index contributed by atoms with van der Waals surface area (Å²) in [6.07, 6.45) is -3.75. The maximum absolute atomic E-state index is 12.7. The number of anilines is 1. The molecule has 0 unspecified atom stereocenters. The summed E-state index contributed by atoms with van der Waals surface area (Å²) < 4.78 is 38.1. The summed E-state index contributed by atoms with van der Waals surface area (Å²) in [5.74, 6) is 0.449. The van der Waals surface area contributed by atoms with Crippen molar-refractivity contribution in [2.75, 3.05) is 5.32 Å². The van der Waals surface area contributed by atoms with Gasteiger partial charge in [0.2, 0.25) is 5.91 Å². The monoisotopic (exact) mass is 359 g/mol. The highest BCUT2D eigenvalue weighted by molar-refractivity contribution is 6.00. The molecule has 3 aromatic rings. The molecule has 2 aromatic carbocycles. The Morgan fingerprint density at radius 2 is 1.81 bits per heavy atom. The summed E-state index contributed by atoms with van der Waals surface area (Å²) in [4.78, 5) is 19.7. The second-order valence-electron chi connectivity index (χ2n) is 7.20. The minimum absolute atomic E-state index is 0.0390. The van der Waals surface area contributed by atoms with Crippen LogP contribution in [-0.2, 0) is 17.4 Å². The molecule has 7 heteroatoms. The molecule has 1 amide bonds. The van der Waals surface area contributed by atoms with Crippen LogP contribution in [-0.4, -0.2) is 15.9 Å². The van der Waals surface area contributed by atoms with Gasteiger partial charge in [-0.3, -0.25) is 4.79 Å². The second kappa shape index (κ2) is 5.33. The molecule has 1 aliphatic heterocycles. The van der Waals surface area contributed by atoms with E-state index in [0.717, 1.165) is 28.9 Å². The molecule has 4 rings (SSSR count). The van der Waals surface area contributed by atoms with E-state index in [-0.39, 0.29) is 5.91 Å². The predicted molar refractivity (Wildman–Crippen MR) is 92.6 cm³/mol. The molecule has 2 heterocycles. The standard InChI is InChI=1S/C19H16F3N3O/c1-18(2)9-11-7-14-15(8-13(11)25-17(18)26)24-16(23-14)10-3-5-12(6-4-10)19(20,21)22/h3-8H,9H2,1-2H3,(H,23,24)(H,25,26). The molecule has 0 bridgehead atoms. The Morgan fingerprint density at radius 1 is 1.12 bits per heavy atom. The molecule has 0 fully saturated rings. The Bertz CT molecular complexity index is 1020. The minimum Gasteiger partial charge on any atom is -0.338 e. The van der Waals surface area contributed by atoms with Crippen LogP contribution < -0.4 is 5.32 Å². The van der Waals surface area contributed by atoms with Crippen LogP contribution in [0, 0.1) is 5.41 Å². The molecular weight excluding hydrogens is 343 g/mol. The van der Waals surface area contributed by atoms with Crippen LogP contribution in [0.5, 0.6) is 0 Å². The SMILES string of the molecule is CC1(C)Cc2cc3[nH]c(-c4ccc(C(F)(F)F)cc4)nc3cc2NC1=O. The zero-order chi connectivity index (χ0) is 18.7. The summed E-state index contributed by atoms with van der Waals surface area (Å²) in [5, 5.41) is 2.90. The molecule has 0 radical (unpaired) electrons. The first kappa shape index (κ1) is 16.6. The first-order valence-corrected chi connectivity index (χ1v) is 8.15. The molecule has 0 saturated heterocycles. The molecule has 4 nitrogen and oxygen atoms in total. The maximum atomic E-state index is 12.7. The Labute approximate surface area is 147 Å². The average Bonchev–Trinajstić information content (AvgIpc) is 2.96. The van der Waals surface area contributed by atoms with Gasteiger partial charge in [-0.1, -0.05) is 26.0 Å². The first-order chi connectivity index (χ1) is 12.1. The maximum Gasteiger partial charge on any atom is 0.416 e. The van der Waals surface area contributed by atoms with Crippen molar-refractivity contribution >= 4 is 22.6 Å². The summed E-state index contributed by atoms with van der Waals surface area (Å²) in [6.45, 7) is 3.77. The fourth-order valence-electron chi connectivity index (χ4n) is 3.17. The number of nitrogens with one attached hydrogen (secondary N) is 2. The summed E-state index contributed by atoms with van der Waals surface area (Å²) in [5.41, 5.74) is 2.55.